The van der Waals surface area contributed by atoms with E-state index in [1.165, 1.54) is 37.4 Å². The van der Waals surface area contributed by atoms with E-state index in [1.54, 1.807) is 32.9 Å². The van der Waals surface area contributed by atoms with Crippen molar-refractivity contribution in [3.05, 3.63) is 59.4 Å². The summed E-state index contributed by atoms with van der Waals surface area (Å²) in [6, 6.07) is 9.29. The molecule has 0 saturated carbocycles. The molecule has 1 atom stereocenters. The SMILES string of the molecule is COc1ccc(C(=O)N[C@H](C)c2ccc(F)cc2)cc1S(=O)(=O)NC(C)C. The number of carbonyl (C=O) groups excluding carboxylic acids is 1. The first-order chi connectivity index (χ1) is 12.6. The number of ether oxygens (including phenoxy) is 1. The lowest BCUT2D eigenvalue weighted by Gasteiger charge is -2.16. The fourth-order valence-corrected chi connectivity index (χ4v) is 3.96. The van der Waals surface area contributed by atoms with Crippen LogP contribution < -0.4 is 14.8 Å². The molecule has 0 aliphatic rings. The summed E-state index contributed by atoms with van der Waals surface area (Å²) in [5.74, 6) is -0.665. The number of amides is 1. The first kappa shape index (κ1) is 20.9. The Morgan fingerprint density at radius 1 is 1.07 bits per heavy atom. The Bertz CT molecular complexity index is 912. The van der Waals surface area contributed by atoms with E-state index in [4.69, 9.17) is 4.74 Å². The molecule has 0 bridgehead atoms. The molecule has 0 aliphatic carbocycles. The normalized spacial score (nSPS) is 12.7. The van der Waals surface area contributed by atoms with E-state index < -0.39 is 15.9 Å². The molecule has 146 valence electrons. The van der Waals surface area contributed by atoms with E-state index in [2.05, 4.69) is 10.0 Å². The van der Waals surface area contributed by atoms with Crippen LogP contribution in [0.25, 0.3) is 0 Å². The molecule has 2 rings (SSSR count). The monoisotopic (exact) mass is 394 g/mol. The second kappa shape index (κ2) is 8.49. The second-order valence-electron chi connectivity index (χ2n) is 6.39. The highest BCUT2D eigenvalue weighted by atomic mass is 32.2. The number of hydrogen-bond acceptors (Lipinski definition) is 4. The number of methoxy groups -OCH3 is 1. The Morgan fingerprint density at radius 3 is 2.26 bits per heavy atom. The van der Waals surface area contributed by atoms with E-state index in [0.717, 1.165) is 5.56 Å². The van der Waals surface area contributed by atoms with E-state index in [-0.39, 0.29) is 34.1 Å². The number of benzene rings is 2. The van der Waals surface area contributed by atoms with Gasteiger partial charge in [0.25, 0.3) is 5.91 Å². The summed E-state index contributed by atoms with van der Waals surface area (Å²) in [6.07, 6.45) is 0. The van der Waals surface area contributed by atoms with Gasteiger partial charge >= 0.3 is 0 Å². The van der Waals surface area contributed by atoms with Gasteiger partial charge in [0.15, 0.2) is 0 Å². The van der Waals surface area contributed by atoms with Gasteiger partial charge in [0.05, 0.1) is 13.2 Å². The molecule has 6 nitrogen and oxygen atoms in total. The fourth-order valence-electron chi connectivity index (χ4n) is 2.52. The Hall–Kier alpha value is -2.45. The van der Waals surface area contributed by atoms with Gasteiger partial charge in [-0.25, -0.2) is 17.5 Å². The van der Waals surface area contributed by atoms with Crippen molar-refractivity contribution in [1.29, 1.82) is 0 Å². The lowest BCUT2D eigenvalue weighted by Crippen LogP contribution is -2.31. The molecule has 0 unspecified atom stereocenters. The van der Waals surface area contributed by atoms with Crippen molar-refractivity contribution >= 4 is 15.9 Å². The molecule has 2 aromatic carbocycles. The summed E-state index contributed by atoms with van der Waals surface area (Å²) < 4.78 is 45.7. The third-order valence-electron chi connectivity index (χ3n) is 3.82. The number of nitrogens with one attached hydrogen (secondary N) is 2. The smallest absolute Gasteiger partial charge is 0.251 e. The van der Waals surface area contributed by atoms with E-state index in [1.807, 2.05) is 0 Å². The van der Waals surface area contributed by atoms with Crippen molar-refractivity contribution in [3.63, 3.8) is 0 Å². The Morgan fingerprint density at radius 2 is 1.70 bits per heavy atom. The quantitative estimate of drug-likeness (QED) is 0.756. The summed E-state index contributed by atoms with van der Waals surface area (Å²) in [5, 5.41) is 2.77. The van der Waals surface area contributed by atoms with E-state index >= 15 is 0 Å². The zero-order chi connectivity index (χ0) is 20.2. The topological polar surface area (TPSA) is 84.5 Å². The van der Waals surface area contributed by atoms with Crippen LogP contribution in [-0.2, 0) is 10.0 Å². The first-order valence-electron chi connectivity index (χ1n) is 8.40. The van der Waals surface area contributed by atoms with Crippen molar-refractivity contribution < 1.29 is 22.3 Å². The van der Waals surface area contributed by atoms with Crippen LogP contribution in [0.15, 0.2) is 47.4 Å². The first-order valence-corrected chi connectivity index (χ1v) is 9.89. The van der Waals surface area contributed by atoms with Crippen LogP contribution in [0.2, 0.25) is 0 Å². The number of halogens is 1. The highest BCUT2D eigenvalue weighted by Gasteiger charge is 2.23. The van der Waals surface area contributed by atoms with Gasteiger partial charge in [0, 0.05) is 11.6 Å². The number of hydrogen-bond donors (Lipinski definition) is 2. The lowest BCUT2D eigenvalue weighted by atomic mass is 10.1. The molecule has 0 aliphatic heterocycles. The average Bonchev–Trinajstić information content (AvgIpc) is 2.60. The number of rotatable bonds is 7. The predicted octanol–water partition coefficient (Wildman–Crippen LogP) is 3.01. The van der Waals surface area contributed by atoms with Crippen LogP contribution in [0.3, 0.4) is 0 Å². The van der Waals surface area contributed by atoms with Gasteiger partial charge in [0.1, 0.15) is 16.5 Å². The van der Waals surface area contributed by atoms with Crippen molar-refractivity contribution in [3.8, 4) is 5.75 Å². The van der Waals surface area contributed by atoms with E-state index in [9.17, 15) is 17.6 Å². The van der Waals surface area contributed by atoms with Crippen molar-refractivity contribution in [1.82, 2.24) is 10.0 Å². The Kier molecular flexibility index (Phi) is 6.56. The largest absolute Gasteiger partial charge is 0.495 e. The van der Waals surface area contributed by atoms with Crippen molar-refractivity contribution in [2.45, 2.75) is 37.8 Å². The van der Waals surface area contributed by atoms with Gasteiger partial charge < -0.3 is 10.1 Å². The van der Waals surface area contributed by atoms with Crippen LogP contribution >= 0.6 is 0 Å². The van der Waals surface area contributed by atoms with Crippen LogP contribution in [0.1, 0.15) is 42.7 Å². The van der Waals surface area contributed by atoms with Gasteiger partial charge in [-0.3, -0.25) is 4.79 Å². The highest BCUT2D eigenvalue weighted by molar-refractivity contribution is 7.89. The maximum Gasteiger partial charge on any atom is 0.251 e. The average molecular weight is 394 g/mol. The Labute approximate surface area is 158 Å². The molecule has 0 radical (unpaired) electrons. The number of carbonyl (C=O) groups is 1. The molecule has 0 heterocycles. The molecule has 27 heavy (non-hydrogen) atoms. The molecule has 8 heteroatoms. The van der Waals surface area contributed by atoms with Gasteiger partial charge in [-0.1, -0.05) is 12.1 Å². The van der Waals surface area contributed by atoms with Gasteiger partial charge in [-0.15, -0.1) is 0 Å². The maximum absolute atomic E-state index is 13.0. The summed E-state index contributed by atoms with van der Waals surface area (Å²) in [6.45, 7) is 5.16. The molecule has 1 amide bonds. The highest BCUT2D eigenvalue weighted by Crippen LogP contribution is 2.25. The van der Waals surface area contributed by atoms with Gasteiger partial charge in [0.2, 0.25) is 10.0 Å². The molecular weight excluding hydrogens is 371 g/mol. The summed E-state index contributed by atoms with van der Waals surface area (Å²) in [7, 11) is -2.48. The molecule has 0 fully saturated rings. The standard InChI is InChI=1S/C19H23FN2O4S/c1-12(2)22-27(24,25)18-11-15(7-10-17(18)26-4)19(23)21-13(3)14-5-8-16(20)9-6-14/h5-13,22H,1-4H3,(H,21,23)/t13-/m1/s1. The van der Waals surface area contributed by atoms with Crippen LogP contribution in [0, 0.1) is 5.82 Å². The molecular formula is C19H23FN2O4S. The van der Waals surface area contributed by atoms with Gasteiger partial charge in [-0.2, -0.15) is 0 Å². The maximum atomic E-state index is 13.0. The third-order valence-corrected chi connectivity index (χ3v) is 5.50. The molecule has 0 aromatic heterocycles. The Balaban J connectivity index is 2.28. The zero-order valence-electron chi connectivity index (χ0n) is 15.6. The van der Waals surface area contributed by atoms with E-state index in [0.29, 0.717) is 0 Å². The summed E-state index contributed by atoms with van der Waals surface area (Å²) >= 11 is 0. The third kappa shape index (κ3) is 5.27. The van der Waals surface area contributed by atoms with Crippen LogP contribution in [-0.4, -0.2) is 27.5 Å². The predicted molar refractivity (Wildman–Crippen MR) is 101 cm³/mol. The molecule has 2 N–H and O–H groups in total. The molecule has 2 aromatic rings. The van der Waals surface area contributed by atoms with Crippen molar-refractivity contribution in [2.24, 2.45) is 0 Å². The van der Waals surface area contributed by atoms with Crippen molar-refractivity contribution in [2.75, 3.05) is 7.11 Å². The second-order valence-corrected chi connectivity index (χ2v) is 8.07. The summed E-state index contributed by atoms with van der Waals surface area (Å²) in [5.41, 5.74) is 0.904. The van der Waals surface area contributed by atoms with Gasteiger partial charge in [-0.05, 0) is 56.7 Å². The number of sulfonamides is 1. The summed E-state index contributed by atoms with van der Waals surface area (Å²) in [4.78, 5) is 12.4. The fraction of sp³-hybridized carbons (Fsp3) is 0.316. The zero-order valence-corrected chi connectivity index (χ0v) is 16.4. The van der Waals surface area contributed by atoms with Crippen LogP contribution in [0.4, 0.5) is 4.39 Å². The lowest BCUT2D eigenvalue weighted by molar-refractivity contribution is 0.0939. The minimum Gasteiger partial charge on any atom is -0.495 e. The molecule has 0 saturated heterocycles. The molecule has 0 spiro atoms. The minimum absolute atomic E-state index is 0.110. The van der Waals surface area contributed by atoms with Crippen LogP contribution in [0.5, 0.6) is 5.75 Å². The minimum atomic E-state index is -3.84.